The van der Waals surface area contributed by atoms with Gasteiger partial charge in [-0.25, -0.2) is 0 Å². The zero-order valence-electron chi connectivity index (χ0n) is 7.81. The Morgan fingerprint density at radius 2 is 2.23 bits per heavy atom. The fourth-order valence-corrected chi connectivity index (χ4v) is 2.03. The highest BCUT2D eigenvalue weighted by atomic mass is 35.5. The number of hydrogen-bond donors (Lipinski definition) is 1. The molecule has 2 rings (SSSR count). The van der Waals surface area contributed by atoms with Crippen molar-refractivity contribution in [2.75, 3.05) is 13.1 Å². The van der Waals surface area contributed by atoms with Crippen molar-refractivity contribution in [3.63, 3.8) is 0 Å². The maximum Gasteiger partial charge on any atom is 0.0408 e. The summed E-state index contributed by atoms with van der Waals surface area (Å²) in [5, 5.41) is 4.14. The molecule has 1 N–H and O–H groups in total. The van der Waals surface area contributed by atoms with Gasteiger partial charge in [-0.3, -0.25) is 0 Å². The van der Waals surface area contributed by atoms with Gasteiger partial charge in [0.25, 0.3) is 0 Å². The maximum atomic E-state index is 5.92. The predicted molar refractivity (Wildman–Crippen MR) is 56.1 cm³/mol. The maximum absolute atomic E-state index is 5.92. The molecule has 1 heterocycles. The van der Waals surface area contributed by atoms with Crippen molar-refractivity contribution in [2.45, 2.75) is 13.3 Å². The predicted octanol–water partition coefficient (Wildman–Crippen LogP) is 2.49. The number of nitrogens with one attached hydrogen (secondary N) is 1. The van der Waals surface area contributed by atoms with Gasteiger partial charge in [-0.05, 0) is 29.5 Å². The lowest BCUT2D eigenvalue weighted by Crippen LogP contribution is -2.52. The highest BCUT2D eigenvalue weighted by molar-refractivity contribution is 6.30. The highest BCUT2D eigenvalue weighted by Crippen LogP contribution is 2.27. The minimum absolute atomic E-state index is 0.449. The van der Waals surface area contributed by atoms with Crippen LogP contribution in [0.15, 0.2) is 24.3 Å². The Labute approximate surface area is 84.1 Å². The van der Waals surface area contributed by atoms with Gasteiger partial charge in [0.2, 0.25) is 0 Å². The van der Waals surface area contributed by atoms with Crippen molar-refractivity contribution in [3.05, 3.63) is 34.9 Å². The molecule has 0 aromatic heterocycles. The Bertz CT molecular complexity index is 305. The Hall–Kier alpha value is -0.530. The molecule has 0 unspecified atom stereocenters. The van der Waals surface area contributed by atoms with Crippen LogP contribution in [0.1, 0.15) is 12.5 Å². The number of rotatable bonds is 2. The van der Waals surface area contributed by atoms with Gasteiger partial charge in [0.15, 0.2) is 0 Å². The average molecular weight is 196 g/mol. The molecule has 1 aliphatic rings. The molecule has 0 aliphatic carbocycles. The first-order chi connectivity index (χ1) is 6.18. The molecule has 1 nitrogen and oxygen atoms in total. The fourth-order valence-electron chi connectivity index (χ4n) is 1.82. The molecule has 1 aromatic carbocycles. The lowest BCUT2D eigenvalue weighted by Gasteiger charge is -2.39. The quantitative estimate of drug-likeness (QED) is 0.765. The Morgan fingerprint density at radius 3 is 2.77 bits per heavy atom. The van der Waals surface area contributed by atoms with Gasteiger partial charge in [0.1, 0.15) is 0 Å². The van der Waals surface area contributed by atoms with E-state index >= 15 is 0 Å². The molecule has 1 fully saturated rings. The molecule has 1 saturated heterocycles. The highest BCUT2D eigenvalue weighted by Gasteiger charge is 2.31. The van der Waals surface area contributed by atoms with Crippen molar-refractivity contribution >= 4 is 11.6 Å². The van der Waals surface area contributed by atoms with E-state index in [0.29, 0.717) is 5.41 Å². The lowest BCUT2D eigenvalue weighted by molar-refractivity contribution is 0.195. The largest absolute Gasteiger partial charge is 0.316 e. The third kappa shape index (κ3) is 2.04. The molecule has 0 bridgehead atoms. The molecule has 70 valence electrons. The first-order valence-corrected chi connectivity index (χ1v) is 5.01. The molecule has 0 saturated carbocycles. The van der Waals surface area contributed by atoms with E-state index in [4.69, 9.17) is 11.6 Å². The van der Waals surface area contributed by atoms with Crippen molar-refractivity contribution < 1.29 is 0 Å². The second kappa shape index (κ2) is 3.32. The third-order valence-electron chi connectivity index (χ3n) is 2.62. The zero-order valence-corrected chi connectivity index (χ0v) is 8.56. The van der Waals surface area contributed by atoms with Gasteiger partial charge < -0.3 is 5.32 Å². The van der Waals surface area contributed by atoms with Crippen LogP contribution in [0.2, 0.25) is 5.02 Å². The van der Waals surface area contributed by atoms with E-state index in [1.54, 1.807) is 0 Å². The van der Waals surface area contributed by atoms with Gasteiger partial charge in [-0.1, -0.05) is 30.7 Å². The first kappa shape index (κ1) is 9.04. The summed E-state index contributed by atoms with van der Waals surface area (Å²) in [5.41, 5.74) is 1.79. The summed E-state index contributed by atoms with van der Waals surface area (Å²) >= 11 is 5.92. The average Bonchev–Trinajstić information content (AvgIpc) is 2.01. The molecular formula is C11H14ClN. The Kier molecular flexibility index (Phi) is 2.31. The molecule has 1 aromatic rings. The van der Waals surface area contributed by atoms with Crippen LogP contribution in [-0.2, 0) is 6.42 Å². The van der Waals surface area contributed by atoms with Crippen LogP contribution < -0.4 is 5.32 Å². The van der Waals surface area contributed by atoms with E-state index in [-0.39, 0.29) is 0 Å². The fraction of sp³-hybridized carbons (Fsp3) is 0.455. The molecule has 2 heteroatoms. The molecule has 0 atom stereocenters. The van der Waals surface area contributed by atoms with E-state index in [1.165, 1.54) is 5.56 Å². The number of hydrogen-bond acceptors (Lipinski definition) is 1. The second-order valence-electron chi connectivity index (χ2n) is 4.22. The zero-order chi connectivity index (χ0) is 9.31. The van der Waals surface area contributed by atoms with Crippen molar-refractivity contribution in [1.82, 2.24) is 5.32 Å². The van der Waals surface area contributed by atoms with E-state index in [9.17, 15) is 0 Å². The van der Waals surface area contributed by atoms with E-state index in [0.717, 1.165) is 24.5 Å². The summed E-state index contributed by atoms with van der Waals surface area (Å²) in [5.74, 6) is 0. The van der Waals surface area contributed by atoms with Crippen molar-refractivity contribution in [1.29, 1.82) is 0 Å². The first-order valence-electron chi connectivity index (χ1n) is 4.63. The van der Waals surface area contributed by atoms with E-state index < -0.39 is 0 Å². The van der Waals surface area contributed by atoms with Crippen molar-refractivity contribution in [3.8, 4) is 0 Å². The summed E-state index contributed by atoms with van der Waals surface area (Å²) in [6, 6.07) is 8.15. The van der Waals surface area contributed by atoms with Gasteiger partial charge in [-0.15, -0.1) is 0 Å². The normalized spacial score (nSPS) is 19.5. The minimum atomic E-state index is 0.449. The van der Waals surface area contributed by atoms with Crippen LogP contribution >= 0.6 is 11.6 Å². The molecule has 1 aliphatic heterocycles. The van der Waals surface area contributed by atoms with E-state index in [1.807, 2.05) is 12.1 Å². The Balaban J connectivity index is 2.09. The summed E-state index contributed by atoms with van der Waals surface area (Å²) < 4.78 is 0. The monoisotopic (exact) mass is 195 g/mol. The Morgan fingerprint density at radius 1 is 1.46 bits per heavy atom. The standard InChI is InChI=1S/C11H14ClN/c1-11(7-13-8-11)6-9-3-2-4-10(12)5-9/h2-5,13H,6-8H2,1H3. The second-order valence-corrected chi connectivity index (χ2v) is 4.66. The van der Waals surface area contributed by atoms with Crippen LogP contribution in [0, 0.1) is 5.41 Å². The van der Waals surface area contributed by atoms with Crippen LogP contribution in [0.3, 0.4) is 0 Å². The van der Waals surface area contributed by atoms with Gasteiger partial charge in [0, 0.05) is 18.1 Å². The van der Waals surface area contributed by atoms with Crippen LogP contribution in [0.4, 0.5) is 0 Å². The smallest absolute Gasteiger partial charge is 0.0408 e. The summed E-state index contributed by atoms with van der Waals surface area (Å²) in [6.45, 7) is 4.56. The third-order valence-corrected chi connectivity index (χ3v) is 2.86. The van der Waals surface area contributed by atoms with Gasteiger partial charge in [0.05, 0.1) is 0 Å². The summed E-state index contributed by atoms with van der Waals surface area (Å²) in [6.07, 6.45) is 1.13. The molecule has 0 radical (unpaired) electrons. The van der Waals surface area contributed by atoms with Gasteiger partial charge in [-0.2, -0.15) is 0 Å². The van der Waals surface area contributed by atoms with Crippen LogP contribution in [0.25, 0.3) is 0 Å². The summed E-state index contributed by atoms with van der Waals surface area (Å²) in [4.78, 5) is 0. The minimum Gasteiger partial charge on any atom is -0.316 e. The molecular weight excluding hydrogens is 182 g/mol. The van der Waals surface area contributed by atoms with Crippen LogP contribution in [0.5, 0.6) is 0 Å². The number of halogens is 1. The summed E-state index contributed by atoms with van der Waals surface area (Å²) in [7, 11) is 0. The van der Waals surface area contributed by atoms with E-state index in [2.05, 4.69) is 24.4 Å². The SMILES string of the molecule is CC1(Cc2cccc(Cl)c2)CNC1. The van der Waals surface area contributed by atoms with Crippen LogP contribution in [-0.4, -0.2) is 13.1 Å². The topological polar surface area (TPSA) is 12.0 Å². The molecule has 0 spiro atoms. The van der Waals surface area contributed by atoms with Gasteiger partial charge >= 0.3 is 0 Å². The van der Waals surface area contributed by atoms with Crippen molar-refractivity contribution in [2.24, 2.45) is 5.41 Å². The number of benzene rings is 1. The lowest BCUT2D eigenvalue weighted by atomic mass is 9.78. The molecule has 13 heavy (non-hydrogen) atoms. The molecule has 0 amide bonds.